The molecule has 0 aliphatic heterocycles. The smallest absolute Gasteiger partial charge is 0.244 e. The van der Waals surface area contributed by atoms with Gasteiger partial charge in [-0.2, -0.15) is 0 Å². The van der Waals surface area contributed by atoms with Crippen molar-refractivity contribution in [3.05, 3.63) is 54.4 Å². The lowest BCUT2D eigenvalue weighted by molar-refractivity contribution is -0.116. The molecule has 1 amide bonds. The summed E-state index contributed by atoms with van der Waals surface area (Å²) in [5.74, 6) is 1.13. The zero-order valence-electron chi connectivity index (χ0n) is 11.0. The maximum atomic E-state index is 11.6. The summed E-state index contributed by atoms with van der Waals surface area (Å²) in [6, 6.07) is 7.16. The third kappa shape index (κ3) is 4.44. The highest BCUT2D eigenvalue weighted by Gasteiger charge is 2.11. The van der Waals surface area contributed by atoms with Gasteiger partial charge >= 0.3 is 0 Å². The van der Waals surface area contributed by atoms with E-state index in [-0.39, 0.29) is 18.4 Å². The number of carbonyl (C=O) groups excluding carboxylic acids is 1. The highest BCUT2D eigenvalue weighted by molar-refractivity contribution is 5.91. The standard InChI is InChI=1S/C15H17NO4/c17-11-12(9-14-4-2-8-20-14)10-16-15(18)6-5-13-3-1-7-19-13/h1-8,12,17H,9-11H2,(H,16,18). The molecule has 0 aliphatic carbocycles. The summed E-state index contributed by atoms with van der Waals surface area (Å²) in [6.45, 7) is 0.376. The third-order valence-electron chi connectivity index (χ3n) is 2.84. The van der Waals surface area contributed by atoms with Crippen LogP contribution in [0.5, 0.6) is 0 Å². The van der Waals surface area contributed by atoms with Gasteiger partial charge in [0.15, 0.2) is 0 Å². The molecule has 2 N–H and O–H groups in total. The second-order valence-electron chi connectivity index (χ2n) is 4.43. The van der Waals surface area contributed by atoms with Crippen LogP contribution in [-0.4, -0.2) is 24.2 Å². The zero-order valence-corrected chi connectivity index (χ0v) is 11.0. The maximum absolute atomic E-state index is 11.6. The van der Waals surface area contributed by atoms with Crippen LogP contribution in [0.25, 0.3) is 6.08 Å². The number of carbonyl (C=O) groups is 1. The van der Waals surface area contributed by atoms with Crippen LogP contribution in [0.1, 0.15) is 11.5 Å². The molecule has 0 fully saturated rings. The van der Waals surface area contributed by atoms with E-state index >= 15 is 0 Å². The van der Waals surface area contributed by atoms with Crippen LogP contribution < -0.4 is 5.32 Å². The van der Waals surface area contributed by atoms with E-state index in [9.17, 15) is 9.90 Å². The predicted molar refractivity (Wildman–Crippen MR) is 73.7 cm³/mol. The van der Waals surface area contributed by atoms with Gasteiger partial charge in [0.1, 0.15) is 11.5 Å². The van der Waals surface area contributed by atoms with Gasteiger partial charge in [0, 0.05) is 31.6 Å². The third-order valence-corrected chi connectivity index (χ3v) is 2.84. The highest BCUT2D eigenvalue weighted by Crippen LogP contribution is 2.08. The molecule has 0 saturated heterocycles. The summed E-state index contributed by atoms with van der Waals surface area (Å²) < 4.78 is 10.3. The van der Waals surface area contributed by atoms with Crippen molar-refractivity contribution in [1.29, 1.82) is 0 Å². The first kappa shape index (κ1) is 14.1. The highest BCUT2D eigenvalue weighted by atomic mass is 16.3. The number of nitrogens with one attached hydrogen (secondary N) is 1. The van der Waals surface area contributed by atoms with Gasteiger partial charge in [0.2, 0.25) is 5.91 Å². The molecule has 2 aromatic heterocycles. The van der Waals surface area contributed by atoms with Crippen LogP contribution in [0.3, 0.4) is 0 Å². The van der Waals surface area contributed by atoms with Crippen LogP contribution in [0.4, 0.5) is 0 Å². The lowest BCUT2D eigenvalue weighted by atomic mass is 10.1. The molecule has 2 aromatic rings. The van der Waals surface area contributed by atoms with Gasteiger partial charge in [0.25, 0.3) is 0 Å². The number of hydrogen-bond donors (Lipinski definition) is 2. The summed E-state index contributed by atoms with van der Waals surface area (Å²) >= 11 is 0. The van der Waals surface area contributed by atoms with Gasteiger partial charge in [-0.25, -0.2) is 0 Å². The Morgan fingerprint density at radius 2 is 2.10 bits per heavy atom. The maximum Gasteiger partial charge on any atom is 0.244 e. The first-order valence-electron chi connectivity index (χ1n) is 6.40. The second-order valence-corrected chi connectivity index (χ2v) is 4.43. The minimum Gasteiger partial charge on any atom is -0.469 e. The van der Waals surface area contributed by atoms with E-state index in [0.717, 1.165) is 5.76 Å². The number of rotatable bonds is 7. The molecular weight excluding hydrogens is 258 g/mol. The van der Waals surface area contributed by atoms with Gasteiger partial charge in [-0.3, -0.25) is 4.79 Å². The van der Waals surface area contributed by atoms with Gasteiger partial charge in [-0.1, -0.05) is 0 Å². The van der Waals surface area contributed by atoms with Crippen molar-refractivity contribution in [1.82, 2.24) is 5.32 Å². The van der Waals surface area contributed by atoms with Crippen molar-refractivity contribution in [2.24, 2.45) is 5.92 Å². The van der Waals surface area contributed by atoms with E-state index in [1.807, 2.05) is 6.07 Å². The van der Waals surface area contributed by atoms with Gasteiger partial charge in [0.05, 0.1) is 12.5 Å². The average molecular weight is 275 g/mol. The number of furan rings is 2. The fourth-order valence-corrected chi connectivity index (χ4v) is 1.76. The zero-order chi connectivity index (χ0) is 14.2. The van der Waals surface area contributed by atoms with E-state index in [1.165, 1.54) is 6.08 Å². The Labute approximate surface area is 116 Å². The molecule has 0 bridgehead atoms. The number of hydrogen-bond acceptors (Lipinski definition) is 4. The first-order chi connectivity index (χ1) is 9.78. The Bertz CT molecular complexity index is 528. The van der Waals surface area contributed by atoms with Gasteiger partial charge < -0.3 is 19.3 Å². The predicted octanol–water partition coefficient (Wildman–Crippen LogP) is 1.85. The summed E-state index contributed by atoms with van der Waals surface area (Å²) in [7, 11) is 0. The SMILES string of the molecule is O=C(C=Cc1ccco1)NCC(CO)Cc1ccco1. The molecule has 0 aromatic carbocycles. The van der Waals surface area contributed by atoms with Crippen LogP contribution in [0.15, 0.2) is 51.7 Å². The number of amides is 1. The molecule has 5 heteroatoms. The fourth-order valence-electron chi connectivity index (χ4n) is 1.76. The van der Waals surface area contributed by atoms with Crippen molar-refractivity contribution in [2.75, 3.05) is 13.2 Å². The fraction of sp³-hybridized carbons (Fsp3) is 0.267. The van der Waals surface area contributed by atoms with E-state index in [0.29, 0.717) is 18.7 Å². The molecule has 0 aliphatic rings. The molecule has 0 spiro atoms. The quantitative estimate of drug-likeness (QED) is 0.756. The Balaban J connectivity index is 1.76. The summed E-state index contributed by atoms with van der Waals surface area (Å²) in [5.41, 5.74) is 0. The molecular formula is C15H17NO4. The Morgan fingerprint density at radius 1 is 1.30 bits per heavy atom. The van der Waals surface area contributed by atoms with Crippen LogP contribution in [-0.2, 0) is 11.2 Å². The van der Waals surface area contributed by atoms with Crippen molar-refractivity contribution < 1.29 is 18.7 Å². The van der Waals surface area contributed by atoms with Gasteiger partial charge in [-0.05, 0) is 30.3 Å². The lowest BCUT2D eigenvalue weighted by Crippen LogP contribution is -2.30. The Hall–Kier alpha value is -2.27. The van der Waals surface area contributed by atoms with Crippen molar-refractivity contribution in [3.63, 3.8) is 0 Å². The summed E-state index contributed by atoms with van der Waals surface area (Å²) in [6.07, 6.45) is 6.72. The normalized spacial score (nSPS) is 12.7. The lowest BCUT2D eigenvalue weighted by Gasteiger charge is -2.12. The van der Waals surface area contributed by atoms with Crippen molar-refractivity contribution >= 4 is 12.0 Å². The van der Waals surface area contributed by atoms with E-state index in [4.69, 9.17) is 8.83 Å². The van der Waals surface area contributed by atoms with E-state index in [2.05, 4.69) is 5.32 Å². The summed E-state index contributed by atoms with van der Waals surface area (Å²) in [5, 5.41) is 12.0. The first-order valence-corrected chi connectivity index (χ1v) is 6.40. The van der Waals surface area contributed by atoms with Crippen molar-refractivity contribution in [2.45, 2.75) is 6.42 Å². The Morgan fingerprint density at radius 3 is 2.75 bits per heavy atom. The monoisotopic (exact) mass is 275 g/mol. The van der Waals surface area contributed by atoms with Crippen LogP contribution >= 0.6 is 0 Å². The molecule has 2 rings (SSSR count). The largest absolute Gasteiger partial charge is 0.469 e. The molecule has 0 radical (unpaired) electrons. The molecule has 106 valence electrons. The minimum atomic E-state index is -0.223. The topological polar surface area (TPSA) is 75.6 Å². The molecule has 2 heterocycles. The van der Waals surface area contributed by atoms with Crippen LogP contribution in [0, 0.1) is 5.92 Å². The molecule has 20 heavy (non-hydrogen) atoms. The van der Waals surface area contributed by atoms with Crippen LogP contribution in [0.2, 0.25) is 0 Å². The minimum absolute atomic E-state index is 0.0110. The second kappa shape index (κ2) is 7.35. The van der Waals surface area contributed by atoms with Gasteiger partial charge in [-0.15, -0.1) is 0 Å². The molecule has 1 unspecified atom stereocenters. The average Bonchev–Trinajstić information content (AvgIpc) is 3.14. The van der Waals surface area contributed by atoms with Crippen molar-refractivity contribution in [3.8, 4) is 0 Å². The molecule has 0 saturated carbocycles. The Kier molecular flexibility index (Phi) is 5.20. The number of aliphatic hydroxyl groups is 1. The van der Waals surface area contributed by atoms with E-state index < -0.39 is 0 Å². The van der Waals surface area contributed by atoms with E-state index in [1.54, 1.807) is 36.8 Å². The number of aliphatic hydroxyl groups excluding tert-OH is 1. The summed E-state index contributed by atoms with van der Waals surface area (Å²) in [4.78, 5) is 11.6. The molecule has 1 atom stereocenters. The molecule has 5 nitrogen and oxygen atoms in total.